The number of hydrogen-bond acceptors (Lipinski definition) is 3. The molecule has 88 valence electrons. The average molecular weight is 213 g/mol. The molecule has 1 saturated heterocycles. The van der Waals surface area contributed by atoms with E-state index in [1.807, 2.05) is 0 Å². The van der Waals surface area contributed by atoms with E-state index in [0.29, 0.717) is 5.92 Å². The molecule has 0 aromatic heterocycles. The van der Waals surface area contributed by atoms with E-state index in [0.717, 1.165) is 6.42 Å². The van der Waals surface area contributed by atoms with Crippen molar-refractivity contribution in [3.05, 3.63) is 0 Å². The highest BCUT2D eigenvalue weighted by atomic mass is 16.7. The lowest BCUT2D eigenvalue weighted by Gasteiger charge is -2.32. The lowest BCUT2D eigenvalue weighted by atomic mass is 9.71. The lowest BCUT2D eigenvalue weighted by Crippen LogP contribution is -2.45. The molecule has 2 unspecified atom stereocenters. The van der Waals surface area contributed by atoms with Crippen LogP contribution in [0.15, 0.2) is 0 Å². The Hall–Kier alpha value is -0.0551. The summed E-state index contributed by atoms with van der Waals surface area (Å²) in [6, 6.07) is 0. The Bertz CT molecular complexity index is 215. The van der Waals surface area contributed by atoms with Crippen LogP contribution in [0, 0.1) is 5.92 Å². The monoisotopic (exact) mass is 213 g/mol. The summed E-state index contributed by atoms with van der Waals surface area (Å²) in [5.74, 6) is 0.371. The minimum atomic E-state index is -0.275. The SMILES string of the molecule is CCC(C)C(N)B1OC(C)(C)C(C)(C)O1. The van der Waals surface area contributed by atoms with Crippen molar-refractivity contribution in [3.8, 4) is 0 Å². The molecule has 1 heterocycles. The molecule has 0 bridgehead atoms. The summed E-state index contributed by atoms with van der Waals surface area (Å²) in [6.07, 6.45) is 1.05. The molecule has 2 N–H and O–H groups in total. The number of hydrogen-bond donors (Lipinski definition) is 1. The van der Waals surface area contributed by atoms with Crippen LogP contribution in [-0.2, 0) is 9.31 Å². The van der Waals surface area contributed by atoms with E-state index < -0.39 is 0 Å². The zero-order chi connectivity index (χ0) is 11.9. The van der Waals surface area contributed by atoms with Gasteiger partial charge in [0, 0.05) is 5.94 Å². The van der Waals surface area contributed by atoms with E-state index in [1.54, 1.807) is 0 Å². The van der Waals surface area contributed by atoms with E-state index in [4.69, 9.17) is 15.0 Å². The Balaban J connectivity index is 2.70. The molecule has 0 spiro atoms. The zero-order valence-corrected chi connectivity index (χ0v) is 10.8. The molecule has 0 aliphatic carbocycles. The van der Waals surface area contributed by atoms with Crippen molar-refractivity contribution >= 4 is 7.12 Å². The number of rotatable bonds is 3. The predicted molar refractivity (Wildman–Crippen MR) is 63.5 cm³/mol. The van der Waals surface area contributed by atoms with Gasteiger partial charge in [0.05, 0.1) is 11.2 Å². The van der Waals surface area contributed by atoms with E-state index in [1.165, 1.54) is 0 Å². The van der Waals surface area contributed by atoms with Crippen molar-refractivity contribution in [1.82, 2.24) is 0 Å². The van der Waals surface area contributed by atoms with Crippen molar-refractivity contribution in [3.63, 3.8) is 0 Å². The third kappa shape index (κ3) is 2.37. The topological polar surface area (TPSA) is 44.5 Å². The molecule has 0 amide bonds. The molecular formula is C11H24BNO2. The Morgan fingerprint density at radius 3 is 1.87 bits per heavy atom. The maximum atomic E-state index is 6.13. The van der Waals surface area contributed by atoms with Crippen LogP contribution >= 0.6 is 0 Å². The summed E-state index contributed by atoms with van der Waals surface area (Å²) >= 11 is 0. The smallest absolute Gasteiger partial charge is 0.402 e. The first kappa shape index (κ1) is 13.0. The second-order valence-corrected chi connectivity index (χ2v) is 5.59. The third-order valence-electron chi connectivity index (χ3n) is 3.89. The molecule has 0 radical (unpaired) electrons. The van der Waals surface area contributed by atoms with Gasteiger partial charge in [0.1, 0.15) is 0 Å². The zero-order valence-electron chi connectivity index (χ0n) is 10.8. The van der Waals surface area contributed by atoms with E-state index in [9.17, 15) is 0 Å². The van der Waals surface area contributed by atoms with Gasteiger partial charge in [0.25, 0.3) is 0 Å². The highest BCUT2D eigenvalue weighted by Crippen LogP contribution is 2.38. The number of nitrogens with two attached hydrogens (primary N) is 1. The van der Waals surface area contributed by atoms with Crippen molar-refractivity contribution in [2.24, 2.45) is 11.7 Å². The van der Waals surface area contributed by atoms with Crippen LogP contribution in [0.3, 0.4) is 0 Å². The first-order chi connectivity index (χ1) is 6.71. The molecular weight excluding hydrogens is 189 g/mol. The minimum absolute atomic E-state index is 0.0453. The van der Waals surface area contributed by atoms with Crippen LogP contribution in [0.4, 0.5) is 0 Å². The normalized spacial score (nSPS) is 27.8. The Morgan fingerprint density at radius 1 is 1.13 bits per heavy atom. The first-order valence-electron chi connectivity index (χ1n) is 5.82. The predicted octanol–water partition coefficient (Wildman–Crippen LogP) is 1.99. The second-order valence-electron chi connectivity index (χ2n) is 5.59. The van der Waals surface area contributed by atoms with Crippen LogP contribution in [0.2, 0.25) is 0 Å². The van der Waals surface area contributed by atoms with Crippen LogP contribution in [0.25, 0.3) is 0 Å². The van der Waals surface area contributed by atoms with Crippen LogP contribution < -0.4 is 5.73 Å². The van der Waals surface area contributed by atoms with Gasteiger partial charge in [-0.2, -0.15) is 0 Å². The maximum absolute atomic E-state index is 6.13. The quantitative estimate of drug-likeness (QED) is 0.729. The van der Waals surface area contributed by atoms with Crippen LogP contribution in [0.5, 0.6) is 0 Å². The van der Waals surface area contributed by atoms with Crippen LogP contribution in [0.1, 0.15) is 48.0 Å². The van der Waals surface area contributed by atoms with E-state index in [-0.39, 0.29) is 24.3 Å². The molecule has 1 aliphatic rings. The standard InChI is InChI=1S/C11H24BNO2/c1-7-8(2)9(13)12-14-10(3,4)11(5,6)15-12/h8-9H,7,13H2,1-6H3. The van der Waals surface area contributed by atoms with Gasteiger partial charge in [0.15, 0.2) is 0 Å². The maximum Gasteiger partial charge on any atom is 0.476 e. The summed E-state index contributed by atoms with van der Waals surface area (Å²) in [5, 5.41) is 0. The summed E-state index contributed by atoms with van der Waals surface area (Å²) in [5.41, 5.74) is 5.58. The molecule has 15 heavy (non-hydrogen) atoms. The average Bonchev–Trinajstić information content (AvgIpc) is 2.33. The van der Waals surface area contributed by atoms with E-state index >= 15 is 0 Å². The summed E-state index contributed by atoms with van der Waals surface area (Å²) in [7, 11) is -0.273. The van der Waals surface area contributed by atoms with Crippen LogP contribution in [-0.4, -0.2) is 24.3 Å². The molecule has 0 saturated carbocycles. The molecule has 2 atom stereocenters. The highest BCUT2D eigenvalue weighted by Gasteiger charge is 2.53. The Kier molecular flexibility index (Phi) is 3.54. The van der Waals surface area contributed by atoms with Crippen molar-refractivity contribution in [2.75, 3.05) is 0 Å². The van der Waals surface area contributed by atoms with E-state index in [2.05, 4.69) is 41.5 Å². The summed E-state index contributed by atoms with van der Waals surface area (Å²) < 4.78 is 11.8. The Morgan fingerprint density at radius 2 is 1.53 bits per heavy atom. The second kappa shape index (κ2) is 4.08. The van der Waals surface area contributed by atoms with Gasteiger partial charge in [-0.15, -0.1) is 0 Å². The fourth-order valence-corrected chi connectivity index (χ4v) is 1.59. The minimum Gasteiger partial charge on any atom is -0.402 e. The lowest BCUT2D eigenvalue weighted by molar-refractivity contribution is 0.00578. The summed E-state index contributed by atoms with van der Waals surface area (Å²) in [6.45, 7) is 12.5. The van der Waals surface area contributed by atoms with Gasteiger partial charge in [-0.05, 0) is 33.6 Å². The van der Waals surface area contributed by atoms with Gasteiger partial charge < -0.3 is 15.0 Å². The molecule has 1 fully saturated rings. The van der Waals surface area contributed by atoms with Gasteiger partial charge in [-0.25, -0.2) is 0 Å². The van der Waals surface area contributed by atoms with Crippen molar-refractivity contribution in [2.45, 2.75) is 65.1 Å². The molecule has 3 nitrogen and oxygen atoms in total. The van der Waals surface area contributed by atoms with Crippen molar-refractivity contribution in [1.29, 1.82) is 0 Å². The van der Waals surface area contributed by atoms with Gasteiger partial charge >= 0.3 is 7.12 Å². The molecule has 1 aliphatic heterocycles. The first-order valence-corrected chi connectivity index (χ1v) is 5.82. The van der Waals surface area contributed by atoms with Gasteiger partial charge in [-0.1, -0.05) is 20.3 Å². The largest absolute Gasteiger partial charge is 0.476 e. The summed E-state index contributed by atoms with van der Waals surface area (Å²) in [4.78, 5) is 0. The van der Waals surface area contributed by atoms with Gasteiger partial charge in [0.2, 0.25) is 0 Å². The third-order valence-corrected chi connectivity index (χ3v) is 3.89. The van der Waals surface area contributed by atoms with Crippen molar-refractivity contribution < 1.29 is 9.31 Å². The highest BCUT2D eigenvalue weighted by molar-refractivity contribution is 6.47. The fraction of sp³-hybridized carbons (Fsp3) is 1.00. The molecule has 1 rings (SSSR count). The molecule has 0 aromatic rings. The molecule has 0 aromatic carbocycles. The van der Waals surface area contributed by atoms with Gasteiger partial charge in [-0.3, -0.25) is 0 Å². The Labute approximate surface area is 93.8 Å². The molecule has 4 heteroatoms. The fourth-order valence-electron chi connectivity index (χ4n) is 1.59.